The Labute approximate surface area is 122 Å². The smallest absolute Gasteiger partial charge is 0.412 e. The molecule has 0 saturated heterocycles. The number of carbonyl (C=O) groups excluding carboxylic acids is 1. The van der Waals surface area contributed by atoms with E-state index in [0.29, 0.717) is 5.41 Å². The van der Waals surface area contributed by atoms with Gasteiger partial charge in [-0.1, -0.05) is 28.1 Å². The lowest BCUT2D eigenvalue weighted by atomic mass is 9.98. The first-order valence-corrected chi connectivity index (χ1v) is 7.63. The van der Waals surface area contributed by atoms with Crippen molar-refractivity contribution in [1.82, 2.24) is 0 Å². The minimum absolute atomic E-state index is 0.324. The van der Waals surface area contributed by atoms with Crippen molar-refractivity contribution in [1.29, 1.82) is 0 Å². The number of nitrogens with one attached hydrogen (secondary N) is 1. The van der Waals surface area contributed by atoms with Crippen LogP contribution in [0.15, 0.2) is 24.3 Å². The van der Waals surface area contributed by atoms with Gasteiger partial charge in [-0.3, -0.25) is 5.32 Å². The van der Waals surface area contributed by atoms with Crippen molar-refractivity contribution in [2.75, 3.05) is 10.6 Å². The predicted molar refractivity (Wildman–Crippen MR) is 81.0 cm³/mol. The Balaban J connectivity index is 1.98. The summed E-state index contributed by atoms with van der Waals surface area (Å²) < 4.78 is 5.22. The van der Waals surface area contributed by atoms with Gasteiger partial charge in [0.05, 0.1) is 0 Å². The summed E-state index contributed by atoms with van der Waals surface area (Å²) in [7, 11) is 0. The van der Waals surface area contributed by atoms with E-state index in [-0.39, 0.29) is 0 Å². The van der Waals surface area contributed by atoms with Gasteiger partial charge in [0.1, 0.15) is 5.60 Å². The number of carbonyl (C=O) groups is 1. The molecule has 1 aromatic rings. The molecule has 0 heterocycles. The van der Waals surface area contributed by atoms with Crippen LogP contribution < -0.4 is 5.32 Å². The van der Waals surface area contributed by atoms with Gasteiger partial charge < -0.3 is 4.74 Å². The van der Waals surface area contributed by atoms with Gasteiger partial charge in [-0.25, -0.2) is 4.79 Å². The summed E-state index contributed by atoms with van der Waals surface area (Å²) in [6.07, 6.45) is 2.05. The van der Waals surface area contributed by atoms with Crippen molar-refractivity contribution in [3.63, 3.8) is 0 Å². The van der Waals surface area contributed by atoms with E-state index in [1.165, 1.54) is 18.4 Å². The Morgan fingerprint density at radius 2 is 1.89 bits per heavy atom. The Morgan fingerprint density at radius 3 is 2.32 bits per heavy atom. The Hall–Kier alpha value is -1.03. The number of hydrogen-bond acceptors (Lipinski definition) is 2. The van der Waals surface area contributed by atoms with Crippen LogP contribution in [0.3, 0.4) is 0 Å². The first kappa shape index (κ1) is 14.4. The highest BCUT2D eigenvalue weighted by Crippen LogP contribution is 2.49. The number of alkyl halides is 1. The van der Waals surface area contributed by atoms with Gasteiger partial charge in [0.15, 0.2) is 0 Å². The van der Waals surface area contributed by atoms with E-state index in [1.807, 2.05) is 32.9 Å². The molecule has 1 aromatic carbocycles. The first-order chi connectivity index (χ1) is 8.85. The number of anilines is 1. The van der Waals surface area contributed by atoms with Crippen molar-refractivity contribution >= 4 is 27.7 Å². The highest BCUT2D eigenvalue weighted by Gasteiger charge is 2.42. The molecule has 1 aliphatic carbocycles. The van der Waals surface area contributed by atoms with E-state index >= 15 is 0 Å². The molecule has 4 heteroatoms. The minimum atomic E-state index is -0.474. The molecule has 0 aliphatic heterocycles. The Morgan fingerprint density at radius 1 is 1.32 bits per heavy atom. The summed E-state index contributed by atoms with van der Waals surface area (Å²) in [5.41, 5.74) is 1.95. The summed E-state index contributed by atoms with van der Waals surface area (Å²) in [6, 6.07) is 8.03. The van der Waals surface area contributed by atoms with Crippen molar-refractivity contribution in [3.8, 4) is 0 Å². The van der Waals surface area contributed by atoms with Crippen LogP contribution in [0, 0.1) is 0 Å². The average Bonchev–Trinajstić information content (AvgIpc) is 3.08. The fraction of sp³-hybridized carbons (Fsp3) is 0.533. The Bertz CT molecular complexity index is 458. The number of hydrogen-bond donors (Lipinski definition) is 1. The van der Waals surface area contributed by atoms with E-state index in [0.717, 1.165) is 11.0 Å². The molecule has 3 nitrogen and oxygen atoms in total. The molecule has 0 bridgehead atoms. The lowest BCUT2D eigenvalue weighted by molar-refractivity contribution is 0.0636. The van der Waals surface area contributed by atoms with Crippen molar-refractivity contribution in [3.05, 3.63) is 29.8 Å². The van der Waals surface area contributed by atoms with E-state index in [1.54, 1.807) is 0 Å². The number of rotatable bonds is 3. The van der Waals surface area contributed by atoms with Gasteiger partial charge in [0, 0.05) is 16.4 Å². The fourth-order valence-electron chi connectivity index (χ4n) is 1.98. The van der Waals surface area contributed by atoms with Crippen molar-refractivity contribution in [2.45, 2.75) is 44.6 Å². The summed E-state index contributed by atoms with van der Waals surface area (Å²) in [6.45, 7) is 5.55. The van der Waals surface area contributed by atoms with Crippen LogP contribution in [0.4, 0.5) is 10.5 Å². The molecule has 1 fully saturated rings. The number of ether oxygens (including phenoxy) is 1. The normalized spacial score (nSPS) is 16.8. The third kappa shape index (κ3) is 3.72. The second-order valence-corrected chi connectivity index (χ2v) is 6.68. The van der Waals surface area contributed by atoms with Gasteiger partial charge >= 0.3 is 6.09 Å². The van der Waals surface area contributed by atoms with Gasteiger partial charge in [-0.2, -0.15) is 0 Å². The zero-order valence-electron chi connectivity index (χ0n) is 11.6. The summed E-state index contributed by atoms with van der Waals surface area (Å²) in [4.78, 5) is 11.6. The van der Waals surface area contributed by atoms with Gasteiger partial charge in [-0.05, 0) is 51.3 Å². The average molecular weight is 326 g/mol. The molecule has 1 aliphatic rings. The summed E-state index contributed by atoms with van der Waals surface area (Å²) >= 11 is 3.57. The SMILES string of the molecule is CC(C)(C)OC(=O)Nc1ccc(C2(CBr)CC2)cc1. The molecular weight excluding hydrogens is 306 g/mol. The maximum absolute atomic E-state index is 11.6. The highest BCUT2D eigenvalue weighted by molar-refractivity contribution is 9.09. The lowest BCUT2D eigenvalue weighted by Crippen LogP contribution is -2.27. The number of benzene rings is 1. The van der Waals surface area contributed by atoms with Crippen LogP contribution in [0.5, 0.6) is 0 Å². The maximum atomic E-state index is 11.6. The molecule has 0 aromatic heterocycles. The Kier molecular flexibility index (Phi) is 3.90. The largest absolute Gasteiger partial charge is 0.444 e. The van der Waals surface area contributed by atoms with Crippen molar-refractivity contribution < 1.29 is 9.53 Å². The predicted octanol–water partition coefficient (Wildman–Crippen LogP) is 4.46. The molecule has 0 spiro atoms. The molecule has 19 heavy (non-hydrogen) atoms. The second-order valence-electron chi connectivity index (χ2n) is 6.12. The summed E-state index contributed by atoms with van der Waals surface area (Å²) in [5, 5.41) is 3.74. The number of amides is 1. The molecule has 0 atom stereocenters. The van der Waals surface area contributed by atoms with E-state index in [4.69, 9.17) is 4.74 Å². The van der Waals surface area contributed by atoms with Crippen LogP contribution in [-0.4, -0.2) is 17.0 Å². The van der Waals surface area contributed by atoms with Gasteiger partial charge in [-0.15, -0.1) is 0 Å². The number of halogens is 1. The molecule has 0 unspecified atom stereocenters. The van der Waals surface area contributed by atoms with E-state index in [2.05, 4.69) is 33.4 Å². The van der Waals surface area contributed by atoms with Crippen molar-refractivity contribution in [2.24, 2.45) is 0 Å². The molecule has 104 valence electrons. The maximum Gasteiger partial charge on any atom is 0.412 e. The van der Waals surface area contributed by atoms with Crippen LogP contribution in [0.25, 0.3) is 0 Å². The third-order valence-electron chi connectivity index (χ3n) is 3.25. The van der Waals surface area contributed by atoms with Crippen LogP contribution in [0.1, 0.15) is 39.2 Å². The fourth-order valence-corrected chi connectivity index (χ4v) is 2.86. The first-order valence-electron chi connectivity index (χ1n) is 6.51. The second kappa shape index (κ2) is 5.16. The molecular formula is C15H20BrNO2. The van der Waals surface area contributed by atoms with Crippen LogP contribution in [0.2, 0.25) is 0 Å². The van der Waals surface area contributed by atoms with E-state index < -0.39 is 11.7 Å². The third-order valence-corrected chi connectivity index (χ3v) is 4.33. The molecule has 1 N–H and O–H groups in total. The quantitative estimate of drug-likeness (QED) is 0.833. The molecule has 1 saturated carbocycles. The van der Waals surface area contributed by atoms with E-state index in [9.17, 15) is 4.79 Å². The molecule has 2 rings (SSSR count). The van der Waals surface area contributed by atoms with Gasteiger partial charge in [0.25, 0.3) is 0 Å². The topological polar surface area (TPSA) is 38.3 Å². The lowest BCUT2D eigenvalue weighted by Gasteiger charge is -2.20. The summed E-state index contributed by atoms with van der Waals surface area (Å²) in [5.74, 6) is 0. The van der Waals surface area contributed by atoms with Crippen LogP contribution >= 0.6 is 15.9 Å². The molecule has 0 radical (unpaired) electrons. The molecule has 1 amide bonds. The minimum Gasteiger partial charge on any atom is -0.444 e. The standard InChI is InChI=1S/C15H20BrNO2/c1-14(2,3)19-13(18)17-12-6-4-11(5-7-12)15(10-16)8-9-15/h4-7H,8-10H2,1-3H3,(H,17,18). The zero-order chi connectivity index (χ0) is 14.1. The zero-order valence-corrected chi connectivity index (χ0v) is 13.2. The monoisotopic (exact) mass is 325 g/mol. The van der Waals surface area contributed by atoms with Gasteiger partial charge in [0.2, 0.25) is 0 Å². The van der Waals surface area contributed by atoms with Crippen LogP contribution in [-0.2, 0) is 10.2 Å². The highest BCUT2D eigenvalue weighted by atomic mass is 79.9.